The maximum atomic E-state index is 12.2. The lowest BCUT2D eigenvalue weighted by atomic mass is 10.2. The maximum Gasteiger partial charge on any atom is 0.255 e. The van der Waals surface area contributed by atoms with Crippen molar-refractivity contribution in [2.75, 3.05) is 11.1 Å². The van der Waals surface area contributed by atoms with Crippen molar-refractivity contribution in [1.29, 1.82) is 0 Å². The Bertz CT molecular complexity index is 713. The molecule has 0 bridgehead atoms. The highest BCUT2D eigenvalue weighted by Gasteiger charge is 2.14. The van der Waals surface area contributed by atoms with E-state index in [-0.39, 0.29) is 26.3 Å². The molecule has 3 nitrogen and oxygen atoms in total. The molecule has 2 aromatic carbocycles. The molecule has 0 aliphatic heterocycles. The molecule has 2 aromatic rings. The Morgan fingerprint density at radius 2 is 1.71 bits per heavy atom. The Morgan fingerprint density at radius 1 is 1.05 bits per heavy atom. The number of hydrogen-bond acceptors (Lipinski definition) is 2. The van der Waals surface area contributed by atoms with Gasteiger partial charge in [-0.25, -0.2) is 0 Å². The average Bonchev–Trinajstić information content (AvgIpc) is 2.44. The quantitative estimate of drug-likeness (QED) is 0.462. The Hall–Kier alpha value is -0.650. The van der Waals surface area contributed by atoms with Crippen molar-refractivity contribution < 1.29 is 4.79 Å². The monoisotopic (exact) mass is 426 g/mol. The Balaban J connectivity index is 2.33. The van der Waals surface area contributed by atoms with Gasteiger partial charge >= 0.3 is 0 Å². The molecule has 0 saturated carbocycles. The van der Waals surface area contributed by atoms with E-state index in [9.17, 15) is 4.79 Å². The van der Waals surface area contributed by atoms with E-state index in [1.807, 2.05) is 0 Å². The molecule has 1 amide bonds. The third-order valence-electron chi connectivity index (χ3n) is 2.60. The van der Waals surface area contributed by atoms with E-state index in [0.29, 0.717) is 15.2 Å². The third kappa shape index (κ3) is 3.58. The van der Waals surface area contributed by atoms with Crippen molar-refractivity contribution in [1.82, 2.24) is 0 Å². The largest absolute Gasteiger partial charge is 0.397 e. The van der Waals surface area contributed by atoms with Gasteiger partial charge < -0.3 is 11.1 Å². The molecular weight excluding hydrogens is 422 g/mol. The molecule has 0 aromatic heterocycles. The van der Waals surface area contributed by atoms with Crippen LogP contribution in [0, 0.1) is 0 Å². The molecule has 110 valence electrons. The zero-order chi connectivity index (χ0) is 15.7. The minimum atomic E-state index is -0.430. The van der Waals surface area contributed by atoms with Crippen molar-refractivity contribution >= 4 is 79.6 Å². The van der Waals surface area contributed by atoms with Gasteiger partial charge in [-0.05, 0) is 40.2 Å². The summed E-state index contributed by atoms with van der Waals surface area (Å²) >= 11 is 27.0. The van der Waals surface area contributed by atoms with E-state index in [4.69, 9.17) is 52.1 Å². The van der Waals surface area contributed by atoms with Crippen LogP contribution in [0.5, 0.6) is 0 Å². The van der Waals surface area contributed by atoms with Crippen LogP contribution in [0.1, 0.15) is 10.4 Å². The fourth-order valence-electron chi connectivity index (χ4n) is 1.56. The first-order valence-corrected chi connectivity index (χ1v) is 7.81. The molecule has 0 saturated heterocycles. The lowest BCUT2D eigenvalue weighted by Gasteiger charge is -2.10. The zero-order valence-electron chi connectivity index (χ0n) is 10.2. The second-order valence-electron chi connectivity index (χ2n) is 4.04. The predicted octanol–water partition coefficient (Wildman–Crippen LogP) is 5.90. The van der Waals surface area contributed by atoms with E-state index >= 15 is 0 Å². The summed E-state index contributed by atoms with van der Waals surface area (Å²) in [5, 5.41) is 3.58. The van der Waals surface area contributed by atoms with E-state index in [2.05, 4.69) is 21.2 Å². The number of benzene rings is 2. The van der Waals surface area contributed by atoms with Gasteiger partial charge in [0.1, 0.15) is 0 Å². The van der Waals surface area contributed by atoms with Gasteiger partial charge in [0.2, 0.25) is 0 Å². The van der Waals surface area contributed by atoms with Crippen molar-refractivity contribution in [2.24, 2.45) is 0 Å². The van der Waals surface area contributed by atoms with Gasteiger partial charge in [0.05, 0.1) is 31.5 Å². The third-order valence-corrected chi connectivity index (χ3v) is 5.19. The van der Waals surface area contributed by atoms with Crippen molar-refractivity contribution in [3.63, 3.8) is 0 Å². The second kappa shape index (κ2) is 6.63. The molecule has 2 rings (SSSR count). The Morgan fingerprint density at radius 3 is 2.33 bits per heavy atom. The fraction of sp³-hybridized carbons (Fsp3) is 0. The normalized spacial score (nSPS) is 10.5. The zero-order valence-corrected chi connectivity index (χ0v) is 14.8. The van der Waals surface area contributed by atoms with Crippen LogP contribution < -0.4 is 11.1 Å². The molecular formula is C13H7BrCl4N2O. The summed E-state index contributed by atoms with van der Waals surface area (Å²) in [6.07, 6.45) is 0. The standard InChI is InChI=1S/C13H7BrCl4N2O/c14-6-1-2-9(12(18)10(6)16)20-13(21)5-3-7(15)11(17)8(19)4-5/h1-4H,19H2,(H,20,21). The minimum absolute atomic E-state index is 0.196. The van der Waals surface area contributed by atoms with Gasteiger partial charge in [0.25, 0.3) is 5.91 Å². The van der Waals surface area contributed by atoms with E-state index in [1.54, 1.807) is 12.1 Å². The highest BCUT2D eigenvalue weighted by Crippen LogP contribution is 2.36. The van der Waals surface area contributed by atoms with Gasteiger partial charge in [-0.1, -0.05) is 46.4 Å². The summed E-state index contributed by atoms with van der Waals surface area (Å²) in [5.74, 6) is -0.430. The summed E-state index contributed by atoms with van der Waals surface area (Å²) in [5.41, 5.74) is 6.53. The summed E-state index contributed by atoms with van der Waals surface area (Å²) < 4.78 is 0.631. The summed E-state index contributed by atoms with van der Waals surface area (Å²) in [4.78, 5) is 12.2. The van der Waals surface area contributed by atoms with E-state index in [0.717, 1.165) is 0 Å². The molecule has 21 heavy (non-hydrogen) atoms. The number of hydrogen-bond donors (Lipinski definition) is 2. The van der Waals surface area contributed by atoms with Crippen molar-refractivity contribution in [3.05, 3.63) is 54.4 Å². The molecule has 0 aliphatic carbocycles. The van der Waals surface area contributed by atoms with Crippen LogP contribution >= 0.6 is 62.3 Å². The lowest BCUT2D eigenvalue weighted by Crippen LogP contribution is -2.13. The number of carbonyl (C=O) groups is 1. The molecule has 3 N–H and O–H groups in total. The van der Waals surface area contributed by atoms with Crippen molar-refractivity contribution in [2.45, 2.75) is 0 Å². The molecule has 8 heteroatoms. The maximum absolute atomic E-state index is 12.2. The summed E-state index contributed by atoms with van der Waals surface area (Å²) in [7, 11) is 0. The van der Waals surface area contributed by atoms with Gasteiger partial charge in [-0.15, -0.1) is 0 Å². The number of halogens is 5. The number of nitrogens with two attached hydrogens (primary N) is 1. The van der Waals surface area contributed by atoms with Crippen LogP contribution in [0.25, 0.3) is 0 Å². The number of rotatable bonds is 2. The van der Waals surface area contributed by atoms with Crippen molar-refractivity contribution in [3.8, 4) is 0 Å². The molecule has 0 unspecified atom stereocenters. The first-order valence-electron chi connectivity index (χ1n) is 5.50. The first-order chi connectivity index (χ1) is 9.81. The Kier molecular flexibility index (Phi) is 5.28. The first kappa shape index (κ1) is 16.7. The number of nitrogens with one attached hydrogen (secondary N) is 1. The smallest absolute Gasteiger partial charge is 0.255 e. The van der Waals surface area contributed by atoms with Gasteiger partial charge in [-0.3, -0.25) is 4.79 Å². The molecule has 0 atom stereocenters. The predicted molar refractivity (Wildman–Crippen MR) is 93.0 cm³/mol. The Labute approximate surface area is 149 Å². The molecule has 0 aliphatic rings. The summed E-state index contributed by atoms with van der Waals surface area (Å²) in [6.45, 7) is 0. The number of nitrogen functional groups attached to an aromatic ring is 1. The SMILES string of the molecule is Nc1cc(C(=O)Nc2ccc(Br)c(Cl)c2Cl)cc(Cl)c1Cl. The topological polar surface area (TPSA) is 55.1 Å². The minimum Gasteiger partial charge on any atom is -0.397 e. The lowest BCUT2D eigenvalue weighted by molar-refractivity contribution is 0.102. The van der Waals surface area contributed by atoms with Gasteiger partial charge in [0, 0.05) is 10.0 Å². The molecule has 0 radical (unpaired) electrons. The highest BCUT2D eigenvalue weighted by molar-refractivity contribution is 9.10. The summed E-state index contributed by atoms with van der Waals surface area (Å²) in [6, 6.07) is 6.14. The number of anilines is 2. The van der Waals surface area contributed by atoms with Crippen LogP contribution in [0.4, 0.5) is 11.4 Å². The fourth-order valence-corrected chi connectivity index (χ4v) is 2.72. The van der Waals surface area contributed by atoms with Crippen LogP contribution in [0.15, 0.2) is 28.7 Å². The molecule has 0 heterocycles. The van der Waals surface area contributed by atoms with E-state index < -0.39 is 5.91 Å². The highest BCUT2D eigenvalue weighted by atomic mass is 79.9. The number of carbonyl (C=O) groups excluding carboxylic acids is 1. The van der Waals surface area contributed by atoms with Crippen LogP contribution in [0.2, 0.25) is 20.1 Å². The average molecular weight is 429 g/mol. The van der Waals surface area contributed by atoms with Crippen LogP contribution in [0.3, 0.4) is 0 Å². The van der Waals surface area contributed by atoms with Crippen LogP contribution in [-0.4, -0.2) is 5.91 Å². The van der Waals surface area contributed by atoms with Gasteiger partial charge in [-0.2, -0.15) is 0 Å². The van der Waals surface area contributed by atoms with Crippen LogP contribution in [-0.2, 0) is 0 Å². The number of amides is 1. The molecule has 0 spiro atoms. The van der Waals surface area contributed by atoms with Gasteiger partial charge in [0.15, 0.2) is 0 Å². The molecule has 0 fully saturated rings. The second-order valence-corrected chi connectivity index (χ2v) is 6.43. The van der Waals surface area contributed by atoms with E-state index in [1.165, 1.54) is 12.1 Å².